The van der Waals surface area contributed by atoms with Crippen molar-refractivity contribution in [2.45, 2.75) is 97.0 Å². The molecule has 0 saturated heterocycles. The lowest BCUT2D eigenvalue weighted by Crippen LogP contribution is -2.41. The molecular weight excluding hydrogens is 559 g/mol. The number of rotatable bonds is 11. The van der Waals surface area contributed by atoms with Gasteiger partial charge in [0, 0.05) is 48.9 Å². The average molecular weight is 603 g/mol. The highest BCUT2D eigenvalue weighted by atomic mass is 31.1. The van der Waals surface area contributed by atoms with Crippen molar-refractivity contribution in [2.75, 3.05) is 13.2 Å². The zero-order valence-corrected chi connectivity index (χ0v) is 26.3. The van der Waals surface area contributed by atoms with E-state index in [1.165, 1.54) is 12.3 Å². The first-order chi connectivity index (χ1) is 19.6. The summed E-state index contributed by atoms with van der Waals surface area (Å²) in [5.74, 6) is 5.06. The number of hydrazine groups is 1. The summed E-state index contributed by atoms with van der Waals surface area (Å²) >= 11 is 0. The third-order valence-electron chi connectivity index (χ3n) is 6.84. The number of aromatic hydroxyl groups is 1. The lowest BCUT2D eigenvalue weighted by molar-refractivity contribution is 0.0244. The van der Waals surface area contributed by atoms with Crippen molar-refractivity contribution in [1.29, 1.82) is 0 Å². The number of carbonyl (C=O) groups excluding carboxylic acids is 2. The minimum atomic E-state index is -1.09. The van der Waals surface area contributed by atoms with E-state index in [1.807, 2.05) is 10.4 Å². The Hall–Kier alpha value is -3.30. The summed E-state index contributed by atoms with van der Waals surface area (Å²) in [5.41, 5.74) is 0.844. The summed E-state index contributed by atoms with van der Waals surface area (Å²) in [6.07, 6.45) is 7.14. The van der Waals surface area contributed by atoms with Crippen molar-refractivity contribution in [1.82, 2.24) is 9.35 Å². The highest BCUT2D eigenvalue weighted by Crippen LogP contribution is 2.59. The Kier molecular flexibility index (Phi) is 10.9. The summed E-state index contributed by atoms with van der Waals surface area (Å²) < 4.78 is 13.1. The van der Waals surface area contributed by atoms with E-state index < -0.39 is 31.1 Å². The zero-order chi connectivity index (χ0) is 31.2. The van der Waals surface area contributed by atoms with E-state index in [-0.39, 0.29) is 16.5 Å². The first-order valence-corrected chi connectivity index (χ1v) is 15.8. The van der Waals surface area contributed by atoms with Crippen LogP contribution in [-0.2, 0) is 10.9 Å². The number of nitrogens with zero attached hydrogens (tertiary/aromatic N) is 3. The molecule has 0 spiro atoms. The lowest BCUT2D eigenvalue weighted by Gasteiger charge is -2.39. The van der Waals surface area contributed by atoms with Crippen LogP contribution in [0.4, 0.5) is 4.79 Å². The molecule has 2 amide bonds. The Morgan fingerprint density at radius 3 is 2.31 bits per heavy atom. The van der Waals surface area contributed by atoms with Gasteiger partial charge in [0.1, 0.15) is 11.2 Å². The highest BCUT2D eigenvalue weighted by Gasteiger charge is 2.34. The van der Waals surface area contributed by atoms with Crippen molar-refractivity contribution in [3.05, 3.63) is 50.7 Å². The smallest absolute Gasteiger partial charge is 0.424 e. The molecule has 2 heterocycles. The number of benzene rings is 1. The van der Waals surface area contributed by atoms with E-state index in [4.69, 9.17) is 15.3 Å². The minimum Gasteiger partial charge on any atom is -0.504 e. The molecule has 230 valence electrons. The predicted molar refractivity (Wildman–Crippen MR) is 164 cm³/mol. The summed E-state index contributed by atoms with van der Waals surface area (Å²) in [7, 11) is -0.928. The fraction of sp³-hybridized carbons (Fsp3) is 0.567. The second-order valence-electron chi connectivity index (χ2n) is 12.5. The summed E-state index contributed by atoms with van der Waals surface area (Å²) in [4.78, 5) is 47.4. The van der Waals surface area contributed by atoms with Crippen LogP contribution in [0, 0.1) is 4.91 Å². The molecule has 42 heavy (non-hydrogen) atoms. The average Bonchev–Trinajstić information content (AvgIpc) is 2.89. The Balaban J connectivity index is 1.56. The van der Waals surface area contributed by atoms with Crippen molar-refractivity contribution in [3.8, 4) is 22.8 Å². The summed E-state index contributed by atoms with van der Waals surface area (Å²) in [6.45, 7) is 12.6. The molecule has 3 N–H and O–H groups in total. The summed E-state index contributed by atoms with van der Waals surface area (Å²) in [5, 5.41) is 14.1. The van der Waals surface area contributed by atoms with Gasteiger partial charge in [-0.15, -0.1) is 4.91 Å². The third kappa shape index (κ3) is 8.61. The number of aromatic nitrogens is 1. The van der Waals surface area contributed by atoms with Gasteiger partial charge in [-0.25, -0.2) is 15.6 Å². The molecule has 0 bridgehead atoms. The van der Waals surface area contributed by atoms with Crippen molar-refractivity contribution in [2.24, 2.45) is 11.0 Å². The molecule has 0 aliphatic carbocycles. The molecule has 11 nitrogen and oxygen atoms in total. The number of phenols is 1. The third-order valence-corrected chi connectivity index (χ3v) is 9.88. The van der Waals surface area contributed by atoms with E-state index in [2.05, 4.69) is 25.9 Å². The van der Waals surface area contributed by atoms with Crippen LogP contribution >= 0.6 is 8.07 Å². The van der Waals surface area contributed by atoms with Gasteiger partial charge in [-0.2, -0.15) is 0 Å². The number of ether oxygens (including phenoxy) is 2. The molecule has 0 fully saturated rings. The van der Waals surface area contributed by atoms with Gasteiger partial charge in [0.25, 0.3) is 0 Å². The van der Waals surface area contributed by atoms with Crippen LogP contribution in [0.5, 0.6) is 11.5 Å². The fourth-order valence-electron chi connectivity index (χ4n) is 4.71. The van der Waals surface area contributed by atoms with Crippen molar-refractivity contribution >= 4 is 20.1 Å². The van der Waals surface area contributed by atoms with Gasteiger partial charge in [0.05, 0.1) is 12.3 Å². The second kappa shape index (κ2) is 13.8. The van der Waals surface area contributed by atoms with E-state index in [0.29, 0.717) is 36.3 Å². The van der Waals surface area contributed by atoms with Gasteiger partial charge >= 0.3 is 12.0 Å². The first kappa shape index (κ1) is 33.2. The maximum atomic E-state index is 12.7. The SMILES string of the molecule is CC(C)(C)OC(=O)N(N)CCCCCCCCOc1cc2c(cc1O)-c1cc(=O)c(C(=O)N=O)cn1P(C(C)(C)C)C2. The molecule has 1 aliphatic rings. The molecule has 12 heteroatoms. The fourth-order valence-corrected chi connectivity index (χ4v) is 7.25. The van der Waals surface area contributed by atoms with Crippen LogP contribution in [0.2, 0.25) is 0 Å². The van der Waals surface area contributed by atoms with E-state index in [9.17, 15) is 24.4 Å². The first-order valence-electron chi connectivity index (χ1n) is 14.3. The maximum absolute atomic E-state index is 12.7. The van der Waals surface area contributed by atoms with Crippen molar-refractivity contribution < 1.29 is 24.2 Å². The van der Waals surface area contributed by atoms with Crippen LogP contribution in [0.15, 0.2) is 34.4 Å². The standard InChI is InChI=1S/C30H43N4O7P/c1-29(2,3)41-28(38)33(31)13-11-9-7-8-10-12-14-40-26-15-20-19-42(30(4,5)6)34-18-22(27(37)32-39)24(35)17-23(34)21(20)16-25(26)36/h15-18,36H,7-14,19,31H2,1-6H3. The Morgan fingerprint density at radius 1 is 1.05 bits per heavy atom. The minimum absolute atomic E-state index is 0.0271. The van der Waals surface area contributed by atoms with Gasteiger partial charge in [0.15, 0.2) is 16.9 Å². The number of hydrogen-bond acceptors (Lipinski definition) is 8. The van der Waals surface area contributed by atoms with Gasteiger partial charge in [-0.3, -0.25) is 9.59 Å². The molecule has 2 aromatic rings. The number of amides is 2. The van der Waals surface area contributed by atoms with Crippen LogP contribution in [0.1, 0.15) is 96.0 Å². The molecule has 1 aromatic heterocycles. The van der Waals surface area contributed by atoms with Crippen LogP contribution in [0.25, 0.3) is 11.3 Å². The number of hydrogen-bond donors (Lipinski definition) is 2. The molecule has 1 aliphatic heterocycles. The molecule has 1 atom stereocenters. The number of nitroso groups, excluding NO2 is 1. The normalized spacial score (nSPS) is 14.5. The van der Waals surface area contributed by atoms with Gasteiger partial charge < -0.3 is 18.9 Å². The largest absolute Gasteiger partial charge is 0.504 e. The highest BCUT2D eigenvalue weighted by molar-refractivity contribution is 7.57. The van der Waals surface area contributed by atoms with Gasteiger partial charge in [-0.05, 0) is 51.3 Å². The molecule has 0 saturated carbocycles. The van der Waals surface area contributed by atoms with Gasteiger partial charge in [0.2, 0.25) is 0 Å². The monoisotopic (exact) mass is 602 g/mol. The lowest BCUT2D eigenvalue weighted by atomic mass is 10.0. The van der Waals surface area contributed by atoms with E-state index >= 15 is 0 Å². The number of phenolic OH excluding ortho intramolecular Hbond substituents is 1. The Morgan fingerprint density at radius 2 is 1.69 bits per heavy atom. The second-order valence-corrected chi connectivity index (χ2v) is 15.4. The zero-order valence-electron chi connectivity index (χ0n) is 25.4. The quantitative estimate of drug-likeness (QED) is 0.0736. The van der Waals surface area contributed by atoms with Crippen LogP contribution in [0.3, 0.4) is 0 Å². The van der Waals surface area contributed by atoms with E-state index in [1.54, 1.807) is 26.8 Å². The number of pyridine rings is 1. The van der Waals surface area contributed by atoms with Crippen molar-refractivity contribution in [3.63, 3.8) is 0 Å². The molecule has 0 radical (unpaired) electrons. The Labute approximate surface area is 248 Å². The molecule has 3 rings (SSSR count). The number of unbranched alkanes of at least 4 members (excludes halogenated alkanes) is 5. The molecular formula is C30H43N4O7P. The maximum Gasteiger partial charge on any atom is 0.424 e. The Bertz CT molecular complexity index is 1360. The number of nitrogens with two attached hydrogens (primary N) is 1. The molecule has 1 aromatic carbocycles. The topological polar surface area (TPSA) is 154 Å². The van der Waals surface area contributed by atoms with E-state index in [0.717, 1.165) is 49.1 Å². The van der Waals surface area contributed by atoms with Gasteiger partial charge in [-0.1, -0.05) is 46.5 Å². The number of fused-ring (bicyclic) bond motifs is 3. The summed E-state index contributed by atoms with van der Waals surface area (Å²) in [6, 6.07) is 4.79. The van der Waals surface area contributed by atoms with Crippen LogP contribution in [-0.4, -0.2) is 50.4 Å². The van der Waals surface area contributed by atoms with Crippen LogP contribution < -0.4 is 16.0 Å². The number of carbonyl (C=O) groups is 2. The molecule has 1 unspecified atom stereocenters. The predicted octanol–water partition coefficient (Wildman–Crippen LogP) is 6.51.